The van der Waals surface area contributed by atoms with E-state index < -0.39 is 0 Å². The van der Waals surface area contributed by atoms with E-state index in [-0.39, 0.29) is 0 Å². The number of halogens is 1. The minimum Gasteiger partial charge on any atom is -0.368 e. The highest BCUT2D eigenvalue weighted by Crippen LogP contribution is 2.35. The second-order valence-electron chi connectivity index (χ2n) is 7.48. The third-order valence-corrected chi connectivity index (χ3v) is 5.55. The lowest BCUT2D eigenvalue weighted by atomic mass is 10.0. The molecule has 1 saturated heterocycles. The van der Waals surface area contributed by atoms with Crippen molar-refractivity contribution in [3.63, 3.8) is 0 Å². The molecule has 1 aliphatic rings. The van der Waals surface area contributed by atoms with E-state index in [1.54, 1.807) is 0 Å². The van der Waals surface area contributed by atoms with Gasteiger partial charge in [-0.25, -0.2) is 9.97 Å². The van der Waals surface area contributed by atoms with Gasteiger partial charge in [0.15, 0.2) is 5.82 Å². The Morgan fingerprint density at radius 1 is 1.07 bits per heavy atom. The van der Waals surface area contributed by atoms with Gasteiger partial charge < -0.3 is 9.80 Å². The Bertz CT molecular complexity index is 970. The van der Waals surface area contributed by atoms with Crippen molar-refractivity contribution in [2.45, 2.75) is 32.2 Å². The molecule has 5 heteroatoms. The first-order valence-electron chi connectivity index (χ1n) is 9.55. The van der Waals surface area contributed by atoms with Crippen LogP contribution in [-0.2, 0) is 0 Å². The molecular formula is C22H25ClN4. The van der Waals surface area contributed by atoms with Gasteiger partial charge in [-0.3, -0.25) is 0 Å². The summed E-state index contributed by atoms with van der Waals surface area (Å²) >= 11 is 6.21. The Hall–Kier alpha value is -2.33. The summed E-state index contributed by atoms with van der Waals surface area (Å²) < 4.78 is 0. The first kappa shape index (κ1) is 18.1. The molecule has 2 heterocycles. The number of hydrogen-bond acceptors (Lipinski definition) is 4. The fourth-order valence-electron chi connectivity index (χ4n) is 3.92. The maximum Gasteiger partial charge on any atom is 0.164 e. The molecule has 140 valence electrons. The lowest BCUT2D eigenvalue weighted by Crippen LogP contribution is -2.37. The van der Waals surface area contributed by atoms with Crippen LogP contribution in [0.4, 0.5) is 11.5 Å². The number of fused-ring (bicyclic) bond motifs is 1. The van der Waals surface area contributed by atoms with E-state index in [9.17, 15) is 0 Å². The highest BCUT2D eigenvalue weighted by atomic mass is 35.5. The topological polar surface area (TPSA) is 32.3 Å². The fourth-order valence-corrected chi connectivity index (χ4v) is 4.09. The molecule has 2 aromatic carbocycles. The SMILES string of the molecule is CC1CCCCN1c1ccccc1-c1nc(N(C)C)c2cc(Cl)ccc2n1. The molecule has 27 heavy (non-hydrogen) atoms. The van der Waals surface area contributed by atoms with Crippen molar-refractivity contribution in [1.82, 2.24) is 9.97 Å². The van der Waals surface area contributed by atoms with Crippen molar-refractivity contribution in [3.05, 3.63) is 47.5 Å². The number of rotatable bonds is 3. The summed E-state index contributed by atoms with van der Waals surface area (Å²) in [5.41, 5.74) is 3.23. The maximum atomic E-state index is 6.21. The largest absolute Gasteiger partial charge is 0.368 e. The number of nitrogens with zero attached hydrogens (tertiary/aromatic N) is 4. The number of aromatic nitrogens is 2. The normalized spacial score (nSPS) is 17.3. The number of para-hydroxylation sites is 1. The van der Waals surface area contributed by atoms with E-state index in [1.807, 2.05) is 37.2 Å². The average Bonchev–Trinajstić information content (AvgIpc) is 2.67. The van der Waals surface area contributed by atoms with Gasteiger partial charge in [0.1, 0.15) is 5.82 Å². The van der Waals surface area contributed by atoms with Crippen LogP contribution in [-0.4, -0.2) is 36.6 Å². The van der Waals surface area contributed by atoms with Crippen LogP contribution in [0.2, 0.25) is 5.02 Å². The Labute approximate surface area is 165 Å². The van der Waals surface area contributed by atoms with E-state index in [4.69, 9.17) is 21.6 Å². The van der Waals surface area contributed by atoms with Crippen LogP contribution in [0.15, 0.2) is 42.5 Å². The second kappa shape index (κ2) is 7.35. The molecule has 1 atom stereocenters. The molecule has 0 radical (unpaired) electrons. The van der Waals surface area contributed by atoms with Crippen LogP contribution in [0.1, 0.15) is 26.2 Å². The zero-order valence-electron chi connectivity index (χ0n) is 16.1. The molecule has 1 aromatic heterocycles. The zero-order chi connectivity index (χ0) is 19.0. The highest BCUT2D eigenvalue weighted by molar-refractivity contribution is 6.31. The molecule has 0 spiro atoms. The Morgan fingerprint density at radius 3 is 2.67 bits per heavy atom. The lowest BCUT2D eigenvalue weighted by molar-refractivity contribution is 0.485. The molecule has 0 bridgehead atoms. The monoisotopic (exact) mass is 380 g/mol. The second-order valence-corrected chi connectivity index (χ2v) is 7.92. The first-order valence-corrected chi connectivity index (χ1v) is 9.93. The maximum absolute atomic E-state index is 6.21. The summed E-state index contributed by atoms with van der Waals surface area (Å²) in [6, 6.07) is 14.8. The molecule has 1 aliphatic heterocycles. The summed E-state index contributed by atoms with van der Waals surface area (Å²) in [5, 5.41) is 1.67. The van der Waals surface area contributed by atoms with Crippen molar-refractivity contribution in [2.75, 3.05) is 30.4 Å². The van der Waals surface area contributed by atoms with Gasteiger partial charge in [0.25, 0.3) is 0 Å². The smallest absolute Gasteiger partial charge is 0.164 e. The predicted octanol–water partition coefficient (Wildman–Crippen LogP) is 5.40. The number of piperidine rings is 1. The molecule has 0 aliphatic carbocycles. The van der Waals surface area contributed by atoms with Crippen LogP contribution in [0.3, 0.4) is 0 Å². The first-order chi connectivity index (χ1) is 13.0. The van der Waals surface area contributed by atoms with Gasteiger partial charge in [-0.2, -0.15) is 0 Å². The Kier molecular flexibility index (Phi) is 4.92. The summed E-state index contributed by atoms with van der Waals surface area (Å²) in [5.74, 6) is 1.65. The molecule has 0 amide bonds. The molecule has 4 nitrogen and oxygen atoms in total. The van der Waals surface area contributed by atoms with Gasteiger partial charge in [-0.05, 0) is 56.5 Å². The minimum atomic E-state index is 0.535. The number of anilines is 2. The quantitative estimate of drug-likeness (QED) is 0.609. The highest BCUT2D eigenvalue weighted by Gasteiger charge is 2.22. The van der Waals surface area contributed by atoms with Crippen LogP contribution in [0.5, 0.6) is 0 Å². The molecule has 4 rings (SSSR count). The van der Waals surface area contributed by atoms with E-state index in [0.717, 1.165) is 34.7 Å². The lowest BCUT2D eigenvalue weighted by Gasteiger charge is -2.36. The van der Waals surface area contributed by atoms with Crippen molar-refractivity contribution >= 4 is 34.0 Å². The van der Waals surface area contributed by atoms with Gasteiger partial charge in [-0.1, -0.05) is 23.7 Å². The summed E-state index contributed by atoms with van der Waals surface area (Å²) in [6.07, 6.45) is 3.77. The molecule has 1 fully saturated rings. The van der Waals surface area contributed by atoms with E-state index >= 15 is 0 Å². The van der Waals surface area contributed by atoms with Gasteiger partial charge in [-0.15, -0.1) is 0 Å². The van der Waals surface area contributed by atoms with Crippen molar-refractivity contribution < 1.29 is 0 Å². The van der Waals surface area contributed by atoms with Crippen molar-refractivity contribution in [2.24, 2.45) is 0 Å². The van der Waals surface area contributed by atoms with E-state index in [2.05, 4.69) is 36.1 Å². The van der Waals surface area contributed by atoms with Crippen LogP contribution < -0.4 is 9.80 Å². The number of benzene rings is 2. The molecule has 3 aromatic rings. The summed E-state index contributed by atoms with van der Waals surface area (Å²) in [4.78, 5) is 14.3. The van der Waals surface area contributed by atoms with Gasteiger partial charge in [0, 0.05) is 48.3 Å². The van der Waals surface area contributed by atoms with Gasteiger partial charge in [0.2, 0.25) is 0 Å². The van der Waals surface area contributed by atoms with Crippen molar-refractivity contribution in [1.29, 1.82) is 0 Å². The predicted molar refractivity (Wildman–Crippen MR) is 115 cm³/mol. The zero-order valence-corrected chi connectivity index (χ0v) is 16.9. The average molecular weight is 381 g/mol. The van der Waals surface area contributed by atoms with Gasteiger partial charge in [0.05, 0.1) is 5.52 Å². The van der Waals surface area contributed by atoms with E-state index in [0.29, 0.717) is 11.1 Å². The molecule has 0 saturated carbocycles. The van der Waals surface area contributed by atoms with Crippen LogP contribution >= 0.6 is 11.6 Å². The molecule has 0 N–H and O–H groups in total. The third kappa shape index (κ3) is 3.46. The summed E-state index contributed by atoms with van der Waals surface area (Å²) in [6.45, 7) is 3.40. The van der Waals surface area contributed by atoms with Crippen molar-refractivity contribution in [3.8, 4) is 11.4 Å². The Balaban J connectivity index is 1.89. The van der Waals surface area contributed by atoms with Crippen LogP contribution in [0, 0.1) is 0 Å². The Morgan fingerprint density at radius 2 is 1.89 bits per heavy atom. The fraction of sp³-hybridized carbons (Fsp3) is 0.364. The third-order valence-electron chi connectivity index (χ3n) is 5.32. The standard InChI is InChI=1S/C22H25ClN4/c1-15-8-6-7-13-27(15)20-10-5-4-9-17(20)21-24-19-12-11-16(23)14-18(19)22(25-21)26(2)3/h4-5,9-12,14-15H,6-8,13H2,1-3H3. The number of hydrogen-bond donors (Lipinski definition) is 0. The van der Waals surface area contributed by atoms with Gasteiger partial charge >= 0.3 is 0 Å². The summed E-state index contributed by atoms with van der Waals surface area (Å²) in [7, 11) is 4.01. The minimum absolute atomic E-state index is 0.535. The van der Waals surface area contributed by atoms with Crippen LogP contribution in [0.25, 0.3) is 22.3 Å². The van der Waals surface area contributed by atoms with E-state index in [1.165, 1.54) is 24.9 Å². The molecular weight excluding hydrogens is 356 g/mol. The molecule has 1 unspecified atom stereocenters.